The molecule has 0 aliphatic heterocycles. The molecule has 0 aromatic heterocycles. The Morgan fingerprint density at radius 2 is 1.02 bits per heavy atom. The van der Waals surface area contributed by atoms with Crippen molar-refractivity contribution in [2.75, 3.05) is 13.1 Å². The fourth-order valence-corrected chi connectivity index (χ4v) is 7.08. The molecule has 1 aromatic carbocycles. The fourth-order valence-electron chi connectivity index (χ4n) is 7.08. The van der Waals surface area contributed by atoms with Gasteiger partial charge in [0.05, 0.1) is 18.2 Å². The molecule has 49 heavy (non-hydrogen) atoms. The van der Waals surface area contributed by atoms with Crippen molar-refractivity contribution in [2.45, 2.75) is 219 Å². The Hall–Kier alpha value is -1.65. The van der Waals surface area contributed by atoms with Gasteiger partial charge in [0.15, 0.2) is 0 Å². The summed E-state index contributed by atoms with van der Waals surface area (Å²) in [5, 5.41) is 15.3. The molecule has 1 rings (SSSR count). The molecule has 0 saturated carbocycles. The van der Waals surface area contributed by atoms with Crippen molar-refractivity contribution in [3.63, 3.8) is 0 Å². The van der Waals surface area contributed by atoms with E-state index in [0.29, 0.717) is 6.42 Å². The third-order valence-corrected chi connectivity index (χ3v) is 10.4. The van der Waals surface area contributed by atoms with Crippen LogP contribution in [0.3, 0.4) is 0 Å². The quantitative estimate of drug-likeness (QED) is 0.0701. The van der Waals surface area contributed by atoms with E-state index in [9.17, 15) is 9.90 Å². The number of amides is 1. The van der Waals surface area contributed by atoms with Crippen LogP contribution in [0.4, 0.5) is 0 Å². The maximum Gasteiger partial charge on any atom is 0.220 e. The number of carbonyl (C=O) groups excluding carboxylic acids is 1. The number of carbonyl (C=O) groups is 1. The Labute approximate surface area is 305 Å². The van der Waals surface area contributed by atoms with Crippen molar-refractivity contribution in [1.29, 1.82) is 0 Å². The predicted molar refractivity (Wildman–Crippen MR) is 216 cm³/mol. The van der Waals surface area contributed by atoms with E-state index in [0.717, 1.165) is 50.8 Å². The van der Waals surface area contributed by atoms with Gasteiger partial charge in [0.2, 0.25) is 5.91 Å². The monoisotopic (exact) mass is 683 g/mol. The van der Waals surface area contributed by atoms with Crippen molar-refractivity contribution in [3.8, 4) is 0 Å². The van der Waals surface area contributed by atoms with Crippen molar-refractivity contribution in [1.82, 2.24) is 10.2 Å². The molecule has 1 aromatic rings. The largest absolute Gasteiger partial charge is 0.389 e. The van der Waals surface area contributed by atoms with Crippen LogP contribution >= 0.6 is 0 Å². The van der Waals surface area contributed by atoms with Crippen LogP contribution in [-0.4, -0.2) is 47.2 Å². The molecular weight excluding hydrogens is 601 g/mol. The molecule has 0 aliphatic carbocycles. The van der Waals surface area contributed by atoms with Crippen molar-refractivity contribution < 1.29 is 9.90 Å². The normalized spacial score (nSPS) is 13.7. The van der Waals surface area contributed by atoms with Crippen LogP contribution in [0.1, 0.15) is 207 Å². The molecule has 0 aliphatic rings. The molecule has 1 unspecified atom stereocenters. The van der Waals surface area contributed by atoms with E-state index in [4.69, 9.17) is 0 Å². The summed E-state index contributed by atoms with van der Waals surface area (Å²) in [7, 11) is 0. The number of nitrogens with zero attached hydrogens (tertiary/aromatic N) is 1. The first-order valence-corrected chi connectivity index (χ1v) is 21.5. The van der Waals surface area contributed by atoms with Gasteiger partial charge in [-0.2, -0.15) is 0 Å². The second-order valence-corrected chi connectivity index (χ2v) is 14.9. The van der Waals surface area contributed by atoms with E-state index in [1.807, 2.05) is 6.07 Å². The van der Waals surface area contributed by atoms with E-state index in [1.54, 1.807) is 0 Å². The first-order valence-electron chi connectivity index (χ1n) is 21.5. The summed E-state index contributed by atoms with van der Waals surface area (Å²) in [5.41, 5.74) is 1.15. The molecular formula is C45H82N2O2. The number of hydrogen-bond acceptors (Lipinski definition) is 3. The standard InChI is InChI=1S/C45H82N2O2/c1-5-9-12-15-18-19-20-21-22-23-24-25-31-36-44(48)46-42(8-4)45(49)43(38-37-41-34-29-28-30-35-41)47(39-32-26-16-13-10-6-2)40-33-27-17-14-11-7-3/h28-30,34-35,37-38,42-43,45,49H,5-27,31-33,36,39-40H2,1-4H3,(H,46,48)/t42-,43?,45-/m0/s1. The van der Waals surface area contributed by atoms with Crippen molar-refractivity contribution in [3.05, 3.63) is 42.0 Å². The summed E-state index contributed by atoms with van der Waals surface area (Å²) in [5.74, 6) is 0.0955. The van der Waals surface area contributed by atoms with Gasteiger partial charge < -0.3 is 10.4 Å². The summed E-state index contributed by atoms with van der Waals surface area (Å²) in [6.07, 6.45) is 37.2. The molecule has 4 heteroatoms. The minimum absolute atomic E-state index is 0.0955. The van der Waals surface area contributed by atoms with E-state index in [2.05, 4.69) is 74.3 Å². The lowest BCUT2D eigenvalue weighted by Gasteiger charge is -2.37. The lowest BCUT2D eigenvalue weighted by atomic mass is 9.96. The third kappa shape index (κ3) is 25.0. The highest BCUT2D eigenvalue weighted by atomic mass is 16.3. The van der Waals surface area contributed by atoms with Crippen LogP contribution in [0, 0.1) is 0 Å². The number of hydrogen-bond donors (Lipinski definition) is 2. The topological polar surface area (TPSA) is 52.6 Å². The van der Waals surface area contributed by atoms with Crippen LogP contribution in [0.25, 0.3) is 6.08 Å². The highest BCUT2D eigenvalue weighted by Crippen LogP contribution is 2.19. The number of unbranched alkanes of at least 4 members (excludes halogenated alkanes) is 22. The summed E-state index contributed by atoms with van der Waals surface area (Å²) < 4.78 is 0. The molecule has 284 valence electrons. The molecule has 3 atom stereocenters. The van der Waals surface area contributed by atoms with Crippen LogP contribution in [0.2, 0.25) is 0 Å². The molecule has 0 fully saturated rings. The molecule has 0 bridgehead atoms. The van der Waals surface area contributed by atoms with Gasteiger partial charge in [0.25, 0.3) is 0 Å². The van der Waals surface area contributed by atoms with Crippen molar-refractivity contribution >= 4 is 12.0 Å². The smallest absolute Gasteiger partial charge is 0.220 e. The fraction of sp³-hybridized carbons (Fsp3) is 0.800. The molecule has 4 nitrogen and oxygen atoms in total. The van der Waals surface area contributed by atoms with Gasteiger partial charge in [-0.1, -0.05) is 211 Å². The first-order chi connectivity index (χ1) is 24.1. The minimum Gasteiger partial charge on any atom is -0.389 e. The molecule has 1 amide bonds. The SMILES string of the molecule is CCCCCCCCCCCCCCCC(=O)N[C@@H](CC)[C@H](O)C(C=Cc1ccccc1)N(CCCCCCCC)CCCCCCCC. The van der Waals surface area contributed by atoms with Gasteiger partial charge in [-0.25, -0.2) is 0 Å². The molecule has 0 heterocycles. The Balaban J connectivity index is 2.72. The Kier molecular flexibility index (Phi) is 31.0. The average Bonchev–Trinajstić information content (AvgIpc) is 3.12. The van der Waals surface area contributed by atoms with E-state index >= 15 is 0 Å². The highest BCUT2D eigenvalue weighted by molar-refractivity contribution is 5.76. The van der Waals surface area contributed by atoms with E-state index in [-0.39, 0.29) is 18.0 Å². The second kappa shape index (κ2) is 33.5. The summed E-state index contributed by atoms with van der Waals surface area (Å²) >= 11 is 0. The van der Waals surface area contributed by atoms with Gasteiger partial charge >= 0.3 is 0 Å². The summed E-state index contributed by atoms with van der Waals surface area (Å²) in [6, 6.07) is 10.1. The summed E-state index contributed by atoms with van der Waals surface area (Å²) in [4.78, 5) is 15.7. The van der Waals surface area contributed by atoms with Crippen molar-refractivity contribution in [2.24, 2.45) is 0 Å². The maximum absolute atomic E-state index is 13.1. The van der Waals surface area contributed by atoms with E-state index in [1.165, 1.54) is 135 Å². The number of benzene rings is 1. The Bertz CT molecular complexity index is 856. The zero-order chi connectivity index (χ0) is 35.6. The maximum atomic E-state index is 13.1. The minimum atomic E-state index is -0.652. The average molecular weight is 683 g/mol. The highest BCUT2D eigenvalue weighted by Gasteiger charge is 2.30. The Morgan fingerprint density at radius 1 is 0.612 bits per heavy atom. The van der Waals surface area contributed by atoms with E-state index < -0.39 is 6.10 Å². The Morgan fingerprint density at radius 3 is 1.45 bits per heavy atom. The van der Waals surface area contributed by atoms with Gasteiger partial charge in [0, 0.05) is 6.42 Å². The zero-order valence-corrected chi connectivity index (χ0v) is 33.1. The van der Waals surface area contributed by atoms with Crippen LogP contribution in [-0.2, 0) is 4.79 Å². The van der Waals surface area contributed by atoms with Gasteiger partial charge in [-0.05, 0) is 44.3 Å². The van der Waals surface area contributed by atoms with Gasteiger partial charge in [0.1, 0.15) is 0 Å². The second-order valence-electron chi connectivity index (χ2n) is 14.9. The number of nitrogens with one attached hydrogen (secondary N) is 1. The third-order valence-electron chi connectivity index (χ3n) is 10.4. The lowest BCUT2D eigenvalue weighted by molar-refractivity contribution is -0.123. The van der Waals surface area contributed by atoms with Gasteiger partial charge in [-0.3, -0.25) is 9.69 Å². The molecule has 0 saturated heterocycles. The lowest BCUT2D eigenvalue weighted by Crippen LogP contribution is -2.53. The van der Waals surface area contributed by atoms with Crippen LogP contribution in [0.5, 0.6) is 0 Å². The number of aliphatic hydroxyl groups excluding tert-OH is 1. The number of aliphatic hydroxyl groups is 1. The van der Waals surface area contributed by atoms with Crippen LogP contribution < -0.4 is 5.32 Å². The number of rotatable bonds is 35. The molecule has 2 N–H and O–H groups in total. The van der Waals surface area contributed by atoms with Gasteiger partial charge in [-0.15, -0.1) is 0 Å². The summed E-state index contributed by atoms with van der Waals surface area (Å²) in [6.45, 7) is 10.9. The van der Waals surface area contributed by atoms with Crippen LogP contribution in [0.15, 0.2) is 36.4 Å². The molecule has 0 spiro atoms. The predicted octanol–water partition coefficient (Wildman–Crippen LogP) is 12.8. The first kappa shape index (κ1) is 45.4. The molecule has 0 radical (unpaired) electrons. The zero-order valence-electron chi connectivity index (χ0n) is 33.1.